The van der Waals surface area contributed by atoms with Crippen LogP contribution >= 0.6 is 39.1 Å². The molecule has 1 N–H and O–H groups in total. The number of nitrogens with one attached hydrogen (secondary N) is 1. The molecule has 0 saturated carbocycles. The monoisotopic (exact) mass is 371 g/mol. The predicted molar refractivity (Wildman–Crippen MR) is 78.8 cm³/mol. The number of hydrogen-bond donors (Lipinski definition) is 1. The zero-order valence-corrected chi connectivity index (χ0v) is 13.7. The van der Waals surface area contributed by atoms with E-state index in [0.717, 1.165) is 5.57 Å². The predicted octanol–water partition coefficient (Wildman–Crippen LogP) is 4.00. The van der Waals surface area contributed by atoms with Crippen molar-refractivity contribution in [2.45, 2.75) is 18.7 Å². The van der Waals surface area contributed by atoms with Crippen molar-refractivity contribution in [2.75, 3.05) is 6.54 Å². The second-order valence-corrected chi connectivity index (χ2v) is 7.27. The maximum atomic E-state index is 12.0. The molecule has 0 radical (unpaired) electrons. The lowest BCUT2D eigenvalue weighted by atomic mass is 10.3. The van der Waals surface area contributed by atoms with Crippen LogP contribution in [0.3, 0.4) is 0 Å². The first-order valence-corrected chi connectivity index (χ1v) is 8.05. The molecule has 0 unspecified atom stereocenters. The molecule has 0 aliphatic rings. The summed E-state index contributed by atoms with van der Waals surface area (Å²) in [5.74, 6) is 0. The average Bonchev–Trinajstić information content (AvgIpc) is 2.13. The largest absolute Gasteiger partial charge is 0.243 e. The van der Waals surface area contributed by atoms with Crippen LogP contribution in [-0.4, -0.2) is 15.0 Å². The van der Waals surface area contributed by atoms with E-state index in [1.807, 2.05) is 13.8 Å². The van der Waals surface area contributed by atoms with Crippen molar-refractivity contribution in [3.63, 3.8) is 0 Å². The molecule has 0 amide bonds. The highest BCUT2D eigenvalue weighted by molar-refractivity contribution is 9.10. The Bertz CT molecular complexity index is 558. The Morgan fingerprint density at radius 3 is 2.28 bits per heavy atom. The molecule has 7 heteroatoms. The molecule has 100 valence electrons. The minimum absolute atomic E-state index is 0.0825. The van der Waals surface area contributed by atoms with E-state index in [1.165, 1.54) is 12.1 Å². The Labute approximate surface area is 125 Å². The van der Waals surface area contributed by atoms with Gasteiger partial charge >= 0.3 is 0 Å². The van der Waals surface area contributed by atoms with Crippen molar-refractivity contribution in [2.24, 2.45) is 0 Å². The van der Waals surface area contributed by atoms with Crippen LogP contribution in [0.5, 0.6) is 0 Å². The minimum Gasteiger partial charge on any atom is -0.207 e. The molecule has 1 rings (SSSR count). The summed E-state index contributed by atoms with van der Waals surface area (Å²) in [4.78, 5) is -0.101. The van der Waals surface area contributed by atoms with Crippen LogP contribution in [0, 0.1) is 0 Å². The second-order valence-electron chi connectivity index (χ2n) is 3.83. The van der Waals surface area contributed by atoms with Gasteiger partial charge in [0.2, 0.25) is 10.0 Å². The Kier molecular flexibility index (Phi) is 5.67. The maximum Gasteiger partial charge on any atom is 0.243 e. The van der Waals surface area contributed by atoms with Gasteiger partial charge in [0.1, 0.15) is 4.90 Å². The highest BCUT2D eigenvalue weighted by Crippen LogP contribution is 2.32. The van der Waals surface area contributed by atoms with Gasteiger partial charge in [-0.05, 0) is 26.0 Å². The number of halogens is 3. The Morgan fingerprint density at radius 2 is 1.83 bits per heavy atom. The van der Waals surface area contributed by atoms with Crippen LogP contribution in [0.1, 0.15) is 13.8 Å². The van der Waals surface area contributed by atoms with Gasteiger partial charge in [-0.1, -0.05) is 50.8 Å². The molecule has 3 nitrogen and oxygen atoms in total. The fourth-order valence-electron chi connectivity index (χ4n) is 1.21. The van der Waals surface area contributed by atoms with Crippen LogP contribution in [0.2, 0.25) is 10.0 Å². The molecular weight excluding hydrogens is 361 g/mol. The summed E-state index contributed by atoms with van der Waals surface area (Å²) < 4.78 is 27.1. The summed E-state index contributed by atoms with van der Waals surface area (Å²) >= 11 is 15.0. The smallest absolute Gasteiger partial charge is 0.207 e. The lowest BCUT2D eigenvalue weighted by molar-refractivity contribution is 0.585. The summed E-state index contributed by atoms with van der Waals surface area (Å²) in [6.07, 6.45) is 1.76. The van der Waals surface area contributed by atoms with E-state index in [9.17, 15) is 8.42 Å². The highest BCUT2D eigenvalue weighted by atomic mass is 79.9. The number of sulfonamides is 1. The third-order valence-electron chi connectivity index (χ3n) is 2.02. The Hall–Kier alpha value is -0.0700. The third kappa shape index (κ3) is 4.24. The molecule has 0 fully saturated rings. The van der Waals surface area contributed by atoms with E-state index >= 15 is 0 Å². The summed E-state index contributed by atoms with van der Waals surface area (Å²) in [6, 6.07) is 2.98. The summed E-state index contributed by atoms with van der Waals surface area (Å²) in [6.45, 7) is 3.97. The van der Waals surface area contributed by atoms with E-state index in [2.05, 4.69) is 20.7 Å². The van der Waals surface area contributed by atoms with Gasteiger partial charge in [0.05, 0.1) is 10.0 Å². The van der Waals surface area contributed by atoms with Crippen LogP contribution < -0.4 is 4.72 Å². The fourth-order valence-corrected chi connectivity index (χ4v) is 4.11. The molecule has 0 atom stereocenters. The van der Waals surface area contributed by atoms with Crippen molar-refractivity contribution in [3.05, 3.63) is 38.3 Å². The summed E-state index contributed by atoms with van der Waals surface area (Å²) in [5.41, 5.74) is 1.02. The van der Waals surface area contributed by atoms with Crippen LogP contribution in [0.15, 0.2) is 33.2 Å². The third-order valence-corrected chi connectivity index (χ3v) is 4.82. The van der Waals surface area contributed by atoms with Gasteiger partial charge in [0.25, 0.3) is 0 Å². The number of allylic oxidation sites excluding steroid dienone is 1. The lowest BCUT2D eigenvalue weighted by Crippen LogP contribution is -2.24. The number of hydrogen-bond acceptors (Lipinski definition) is 2. The van der Waals surface area contributed by atoms with Crippen molar-refractivity contribution in [3.8, 4) is 0 Å². The van der Waals surface area contributed by atoms with Gasteiger partial charge in [-0.2, -0.15) is 0 Å². The maximum absolute atomic E-state index is 12.0. The number of rotatable bonds is 4. The van der Waals surface area contributed by atoms with Crippen molar-refractivity contribution in [1.29, 1.82) is 0 Å². The van der Waals surface area contributed by atoms with Crippen molar-refractivity contribution in [1.82, 2.24) is 4.72 Å². The number of benzene rings is 1. The first-order valence-electron chi connectivity index (χ1n) is 5.01. The molecule has 0 aromatic heterocycles. The summed E-state index contributed by atoms with van der Waals surface area (Å²) in [7, 11) is -3.71. The van der Waals surface area contributed by atoms with E-state index < -0.39 is 10.0 Å². The molecular formula is C11H12BrCl2NO2S. The fraction of sp³-hybridized carbons (Fsp3) is 0.273. The molecule has 0 heterocycles. The molecule has 1 aromatic carbocycles. The van der Waals surface area contributed by atoms with Gasteiger partial charge < -0.3 is 0 Å². The van der Waals surface area contributed by atoms with E-state index in [0.29, 0.717) is 4.47 Å². The molecule has 0 saturated heterocycles. The average molecular weight is 373 g/mol. The topological polar surface area (TPSA) is 46.2 Å². The molecule has 0 bridgehead atoms. The van der Waals surface area contributed by atoms with Gasteiger partial charge in [-0.25, -0.2) is 13.1 Å². The van der Waals surface area contributed by atoms with Crippen LogP contribution in [0.25, 0.3) is 0 Å². The van der Waals surface area contributed by atoms with Crippen LogP contribution in [0.4, 0.5) is 0 Å². The van der Waals surface area contributed by atoms with Gasteiger partial charge in [-0.3, -0.25) is 0 Å². The van der Waals surface area contributed by atoms with Gasteiger partial charge in [0, 0.05) is 11.0 Å². The molecule has 1 aromatic rings. The SMILES string of the molecule is CC(C)=CCNS(=O)(=O)c1c(Cl)cc(Br)cc1Cl. The molecule has 18 heavy (non-hydrogen) atoms. The lowest BCUT2D eigenvalue weighted by Gasteiger charge is -2.09. The Morgan fingerprint density at radius 1 is 1.33 bits per heavy atom. The second kappa shape index (κ2) is 6.39. The molecule has 0 aliphatic carbocycles. The minimum atomic E-state index is -3.71. The normalized spacial score (nSPS) is 11.4. The van der Waals surface area contributed by atoms with E-state index in [-0.39, 0.29) is 21.5 Å². The highest BCUT2D eigenvalue weighted by Gasteiger charge is 2.21. The molecule has 0 spiro atoms. The standard InChI is InChI=1S/C11H12BrCl2NO2S/c1-7(2)3-4-15-18(16,17)11-9(13)5-8(12)6-10(11)14/h3,5-6,15H,4H2,1-2H3. The van der Waals surface area contributed by atoms with E-state index in [1.54, 1.807) is 6.08 Å². The van der Waals surface area contributed by atoms with Crippen molar-refractivity contribution < 1.29 is 8.42 Å². The first-order chi connectivity index (χ1) is 8.24. The van der Waals surface area contributed by atoms with Gasteiger partial charge in [0.15, 0.2) is 0 Å². The summed E-state index contributed by atoms with van der Waals surface area (Å²) in [5, 5.41) is 0.165. The first kappa shape index (κ1) is 16.0. The zero-order chi connectivity index (χ0) is 13.9. The van der Waals surface area contributed by atoms with Crippen LogP contribution in [-0.2, 0) is 10.0 Å². The quantitative estimate of drug-likeness (QED) is 0.812. The van der Waals surface area contributed by atoms with E-state index in [4.69, 9.17) is 23.2 Å². The van der Waals surface area contributed by atoms with Gasteiger partial charge in [-0.15, -0.1) is 0 Å². The Balaban J connectivity index is 3.10. The zero-order valence-electron chi connectivity index (χ0n) is 9.80. The van der Waals surface area contributed by atoms with Crippen molar-refractivity contribution >= 4 is 49.2 Å². The molecule has 0 aliphatic heterocycles.